The molecule has 2 unspecified atom stereocenters. The van der Waals surface area contributed by atoms with E-state index in [9.17, 15) is 9.59 Å². The zero-order chi connectivity index (χ0) is 15.1. The van der Waals surface area contributed by atoms with Gasteiger partial charge in [-0.15, -0.1) is 0 Å². The van der Waals surface area contributed by atoms with E-state index >= 15 is 0 Å². The van der Waals surface area contributed by atoms with Gasteiger partial charge in [0.2, 0.25) is 0 Å². The van der Waals surface area contributed by atoms with Crippen molar-refractivity contribution >= 4 is 12.0 Å². The summed E-state index contributed by atoms with van der Waals surface area (Å²) >= 11 is 0. The molecule has 0 aromatic heterocycles. The van der Waals surface area contributed by atoms with Gasteiger partial charge in [0.05, 0.1) is 0 Å². The number of likely N-dealkylation sites (tertiary alicyclic amines) is 1. The van der Waals surface area contributed by atoms with Gasteiger partial charge in [0.25, 0.3) is 0 Å². The summed E-state index contributed by atoms with van der Waals surface area (Å²) in [6, 6.07) is 0.427. The molecular formula is C14H27N3O3. The van der Waals surface area contributed by atoms with E-state index in [-0.39, 0.29) is 12.5 Å². The van der Waals surface area contributed by atoms with Crippen molar-refractivity contribution in [2.24, 2.45) is 5.92 Å². The minimum absolute atomic E-state index is 0.000524. The van der Waals surface area contributed by atoms with Crippen LogP contribution in [0.3, 0.4) is 0 Å². The third-order valence-corrected chi connectivity index (χ3v) is 3.87. The number of aliphatic carboxylic acids is 1. The van der Waals surface area contributed by atoms with Crippen LogP contribution in [0, 0.1) is 5.92 Å². The molecule has 2 N–H and O–H groups in total. The van der Waals surface area contributed by atoms with Crippen molar-refractivity contribution in [1.29, 1.82) is 0 Å². The molecule has 1 saturated heterocycles. The molecule has 0 spiro atoms. The summed E-state index contributed by atoms with van der Waals surface area (Å²) in [5.41, 5.74) is 0. The highest BCUT2D eigenvalue weighted by atomic mass is 16.4. The Kier molecular flexibility index (Phi) is 6.78. The minimum Gasteiger partial charge on any atom is -0.481 e. The Morgan fingerprint density at radius 2 is 1.95 bits per heavy atom. The molecule has 116 valence electrons. The summed E-state index contributed by atoms with van der Waals surface area (Å²) in [4.78, 5) is 26.4. The van der Waals surface area contributed by atoms with Crippen molar-refractivity contribution in [2.45, 2.75) is 38.6 Å². The Labute approximate surface area is 121 Å². The van der Waals surface area contributed by atoms with Gasteiger partial charge in [0.1, 0.15) is 0 Å². The van der Waals surface area contributed by atoms with Crippen LogP contribution in [0.1, 0.15) is 32.6 Å². The van der Waals surface area contributed by atoms with E-state index in [1.54, 1.807) is 0 Å². The van der Waals surface area contributed by atoms with Crippen molar-refractivity contribution < 1.29 is 14.7 Å². The lowest BCUT2D eigenvalue weighted by atomic mass is 10.1. The predicted molar refractivity (Wildman–Crippen MR) is 77.7 cm³/mol. The van der Waals surface area contributed by atoms with Crippen LogP contribution in [-0.2, 0) is 4.79 Å². The molecule has 2 atom stereocenters. The van der Waals surface area contributed by atoms with Gasteiger partial charge in [0.15, 0.2) is 0 Å². The number of nitrogens with zero attached hydrogens (tertiary/aromatic N) is 2. The molecule has 1 aliphatic rings. The Morgan fingerprint density at radius 1 is 1.25 bits per heavy atom. The number of amides is 2. The van der Waals surface area contributed by atoms with Crippen LogP contribution in [0.15, 0.2) is 0 Å². The number of nitrogens with one attached hydrogen (secondary N) is 1. The lowest BCUT2D eigenvalue weighted by molar-refractivity contribution is -0.137. The maximum Gasteiger partial charge on any atom is 0.317 e. The molecule has 20 heavy (non-hydrogen) atoms. The summed E-state index contributed by atoms with van der Waals surface area (Å²) in [7, 11) is 4.09. The summed E-state index contributed by atoms with van der Waals surface area (Å²) in [5, 5.41) is 11.4. The van der Waals surface area contributed by atoms with Crippen LogP contribution >= 0.6 is 0 Å². The smallest absolute Gasteiger partial charge is 0.317 e. The lowest BCUT2D eigenvalue weighted by Gasteiger charge is -2.22. The Bertz CT molecular complexity index is 334. The van der Waals surface area contributed by atoms with E-state index in [0.29, 0.717) is 24.9 Å². The number of carboxylic acid groups (broad SMARTS) is 1. The van der Waals surface area contributed by atoms with Gasteiger partial charge in [0, 0.05) is 32.1 Å². The van der Waals surface area contributed by atoms with Gasteiger partial charge in [-0.1, -0.05) is 13.3 Å². The number of urea groups is 1. The van der Waals surface area contributed by atoms with Crippen LogP contribution in [0.5, 0.6) is 0 Å². The van der Waals surface area contributed by atoms with Crippen molar-refractivity contribution in [3.63, 3.8) is 0 Å². The summed E-state index contributed by atoms with van der Waals surface area (Å²) in [6.45, 7) is 4.37. The molecule has 0 aromatic rings. The standard InChI is InChI=1S/C14H27N3O3/c1-11-9-17(10-12(11)16(2)3)14(20)15-8-6-4-5-7-13(18)19/h11-12H,4-10H2,1-3H3,(H,15,20)(H,18,19). The van der Waals surface area contributed by atoms with E-state index in [4.69, 9.17) is 5.11 Å². The van der Waals surface area contributed by atoms with Crippen LogP contribution in [0.25, 0.3) is 0 Å². The highest BCUT2D eigenvalue weighted by Crippen LogP contribution is 2.19. The molecule has 0 saturated carbocycles. The first-order valence-corrected chi connectivity index (χ1v) is 7.32. The SMILES string of the molecule is CC1CN(C(=O)NCCCCCC(=O)O)CC1N(C)C. The fraction of sp³-hybridized carbons (Fsp3) is 0.857. The molecule has 1 fully saturated rings. The second kappa shape index (κ2) is 8.09. The molecule has 0 bridgehead atoms. The van der Waals surface area contributed by atoms with E-state index in [2.05, 4.69) is 17.1 Å². The average Bonchev–Trinajstić information content (AvgIpc) is 2.75. The number of carboxylic acids is 1. The molecule has 1 aliphatic heterocycles. The van der Waals surface area contributed by atoms with Crippen molar-refractivity contribution in [3.8, 4) is 0 Å². The first kappa shape index (κ1) is 16.8. The van der Waals surface area contributed by atoms with Gasteiger partial charge in [-0.25, -0.2) is 4.79 Å². The van der Waals surface area contributed by atoms with Crippen LogP contribution in [0.4, 0.5) is 4.79 Å². The van der Waals surface area contributed by atoms with E-state index in [0.717, 1.165) is 25.9 Å². The first-order valence-electron chi connectivity index (χ1n) is 7.32. The molecule has 1 heterocycles. The fourth-order valence-electron chi connectivity index (χ4n) is 2.67. The second-order valence-corrected chi connectivity index (χ2v) is 5.85. The molecule has 1 rings (SSSR count). The largest absolute Gasteiger partial charge is 0.481 e. The molecule has 0 aromatic carbocycles. The minimum atomic E-state index is -0.755. The monoisotopic (exact) mass is 285 g/mol. The number of carbonyl (C=O) groups is 2. The van der Waals surface area contributed by atoms with Crippen molar-refractivity contribution in [1.82, 2.24) is 15.1 Å². The molecular weight excluding hydrogens is 258 g/mol. The van der Waals surface area contributed by atoms with Gasteiger partial charge in [-0.2, -0.15) is 0 Å². The Balaban J connectivity index is 2.16. The van der Waals surface area contributed by atoms with Gasteiger partial charge < -0.3 is 20.2 Å². The fourth-order valence-corrected chi connectivity index (χ4v) is 2.67. The maximum absolute atomic E-state index is 12.0. The number of carbonyl (C=O) groups excluding carboxylic acids is 1. The Morgan fingerprint density at radius 3 is 2.50 bits per heavy atom. The molecule has 2 amide bonds. The Hall–Kier alpha value is -1.30. The van der Waals surface area contributed by atoms with Crippen LogP contribution in [-0.4, -0.2) is 66.7 Å². The molecule has 0 aliphatic carbocycles. The molecule has 0 radical (unpaired) electrons. The number of hydrogen-bond acceptors (Lipinski definition) is 3. The third kappa shape index (κ3) is 5.36. The van der Waals surface area contributed by atoms with Crippen LogP contribution in [0.2, 0.25) is 0 Å². The van der Waals surface area contributed by atoms with Crippen molar-refractivity contribution in [3.05, 3.63) is 0 Å². The lowest BCUT2D eigenvalue weighted by Crippen LogP contribution is -2.41. The maximum atomic E-state index is 12.0. The van der Waals surface area contributed by atoms with Crippen molar-refractivity contribution in [2.75, 3.05) is 33.7 Å². The predicted octanol–water partition coefficient (Wildman–Crippen LogP) is 1.22. The highest BCUT2D eigenvalue weighted by molar-refractivity contribution is 5.74. The van der Waals surface area contributed by atoms with Crippen LogP contribution < -0.4 is 5.32 Å². The molecule has 6 heteroatoms. The first-order chi connectivity index (χ1) is 9.41. The molecule has 6 nitrogen and oxygen atoms in total. The summed E-state index contributed by atoms with van der Waals surface area (Å²) < 4.78 is 0. The quantitative estimate of drug-likeness (QED) is 0.690. The van der Waals surface area contributed by atoms with E-state index in [1.165, 1.54) is 0 Å². The zero-order valence-corrected chi connectivity index (χ0v) is 12.8. The number of rotatable bonds is 7. The number of hydrogen-bond donors (Lipinski definition) is 2. The summed E-state index contributed by atoms with van der Waals surface area (Å²) in [5.74, 6) is -0.263. The van der Waals surface area contributed by atoms with E-state index in [1.807, 2.05) is 19.0 Å². The second-order valence-electron chi connectivity index (χ2n) is 5.85. The number of likely N-dealkylation sites (N-methyl/N-ethyl adjacent to an activating group) is 1. The average molecular weight is 285 g/mol. The third-order valence-electron chi connectivity index (χ3n) is 3.87. The zero-order valence-electron chi connectivity index (χ0n) is 12.8. The van der Waals surface area contributed by atoms with Gasteiger partial charge in [-0.05, 0) is 32.9 Å². The van der Waals surface area contributed by atoms with Gasteiger partial charge >= 0.3 is 12.0 Å². The van der Waals surface area contributed by atoms with Gasteiger partial charge in [-0.3, -0.25) is 4.79 Å². The normalized spacial score (nSPS) is 22.3. The topological polar surface area (TPSA) is 72.9 Å². The highest BCUT2D eigenvalue weighted by Gasteiger charge is 2.33. The number of unbranched alkanes of at least 4 members (excludes halogenated alkanes) is 2. The van der Waals surface area contributed by atoms with E-state index < -0.39 is 5.97 Å². The summed E-state index contributed by atoms with van der Waals surface area (Å²) in [6.07, 6.45) is 2.56.